The molecule has 1 fully saturated rings. The van der Waals surface area contributed by atoms with E-state index < -0.39 is 17.8 Å². The molecular formula is C18H21NO3. The van der Waals surface area contributed by atoms with E-state index in [0.717, 1.165) is 29.7 Å². The highest BCUT2D eigenvalue weighted by Gasteiger charge is 2.51. The quantitative estimate of drug-likeness (QED) is 0.840. The molecular weight excluding hydrogens is 278 g/mol. The van der Waals surface area contributed by atoms with Crippen LogP contribution in [0, 0.1) is 30.6 Å². The number of anilines is 1. The zero-order chi connectivity index (χ0) is 15.9. The number of amides is 1. The number of carbonyl (C=O) groups is 2. The van der Waals surface area contributed by atoms with Gasteiger partial charge in [-0.1, -0.05) is 37.3 Å². The average molecular weight is 299 g/mol. The van der Waals surface area contributed by atoms with Crippen LogP contribution < -0.4 is 5.32 Å². The van der Waals surface area contributed by atoms with E-state index in [1.165, 1.54) is 0 Å². The van der Waals surface area contributed by atoms with Crippen molar-refractivity contribution < 1.29 is 14.7 Å². The van der Waals surface area contributed by atoms with E-state index in [9.17, 15) is 14.7 Å². The second kappa shape index (κ2) is 5.59. The summed E-state index contributed by atoms with van der Waals surface area (Å²) in [4.78, 5) is 24.3. The molecule has 2 aliphatic carbocycles. The molecule has 4 heteroatoms. The zero-order valence-corrected chi connectivity index (χ0v) is 12.9. The lowest BCUT2D eigenvalue weighted by molar-refractivity contribution is -0.146. The van der Waals surface area contributed by atoms with Gasteiger partial charge < -0.3 is 10.4 Å². The summed E-state index contributed by atoms with van der Waals surface area (Å²) in [6.07, 6.45) is 5.57. The van der Waals surface area contributed by atoms with Gasteiger partial charge in [-0.3, -0.25) is 9.59 Å². The van der Waals surface area contributed by atoms with Crippen molar-refractivity contribution in [1.82, 2.24) is 0 Å². The van der Waals surface area contributed by atoms with Gasteiger partial charge in [0.15, 0.2) is 0 Å². The first-order chi connectivity index (χ1) is 10.5. The Morgan fingerprint density at radius 1 is 1.23 bits per heavy atom. The third-order valence-corrected chi connectivity index (χ3v) is 5.04. The third-order valence-electron chi connectivity index (χ3n) is 5.04. The first kappa shape index (κ1) is 14.8. The number of carboxylic acid groups (broad SMARTS) is 1. The van der Waals surface area contributed by atoms with Crippen molar-refractivity contribution >= 4 is 17.6 Å². The van der Waals surface area contributed by atoms with E-state index in [-0.39, 0.29) is 17.7 Å². The highest BCUT2D eigenvalue weighted by Crippen LogP contribution is 2.48. The summed E-state index contributed by atoms with van der Waals surface area (Å²) in [7, 11) is 0. The molecule has 1 aromatic rings. The van der Waals surface area contributed by atoms with Crippen LogP contribution in [0.15, 0.2) is 30.4 Å². The molecule has 4 nitrogen and oxygen atoms in total. The average Bonchev–Trinajstić information content (AvgIpc) is 3.09. The standard InChI is InChI=1S/C18H21NO3/c1-3-11-6-4-5-10(2)16(11)19-17(20)14-12-7-8-13(9-12)15(14)18(21)22/h4-8,12-15H,3,9H2,1-2H3,(H,19,20)(H,21,22)/t12-,13+,14+,15+/m1/s1. The molecule has 0 heterocycles. The maximum Gasteiger partial charge on any atom is 0.307 e. The van der Waals surface area contributed by atoms with E-state index in [1.54, 1.807) is 0 Å². The second-order valence-corrected chi connectivity index (χ2v) is 6.29. The van der Waals surface area contributed by atoms with Gasteiger partial charge >= 0.3 is 5.97 Å². The monoisotopic (exact) mass is 299 g/mol. The summed E-state index contributed by atoms with van der Waals surface area (Å²) in [5.74, 6) is -2.02. The van der Waals surface area contributed by atoms with Crippen molar-refractivity contribution in [3.8, 4) is 0 Å². The molecule has 22 heavy (non-hydrogen) atoms. The van der Waals surface area contributed by atoms with Crippen LogP contribution in [0.5, 0.6) is 0 Å². The summed E-state index contributed by atoms with van der Waals surface area (Å²) < 4.78 is 0. The van der Waals surface area contributed by atoms with Crippen molar-refractivity contribution in [2.75, 3.05) is 5.32 Å². The number of nitrogens with one attached hydrogen (secondary N) is 1. The number of allylic oxidation sites excluding steroid dienone is 2. The lowest BCUT2D eigenvalue weighted by Crippen LogP contribution is -2.36. The number of aryl methyl sites for hydroxylation is 2. The first-order valence-electron chi connectivity index (χ1n) is 7.83. The Labute approximate surface area is 130 Å². The number of aliphatic carboxylic acids is 1. The summed E-state index contributed by atoms with van der Waals surface area (Å²) >= 11 is 0. The van der Waals surface area contributed by atoms with Crippen LogP contribution in [-0.2, 0) is 16.0 Å². The molecule has 2 aliphatic rings. The molecule has 2 bridgehead atoms. The second-order valence-electron chi connectivity index (χ2n) is 6.29. The smallest absolute Gasteiger partial charge is 0.307 e. The van der Waals surface area contributed by atoms with E-state index >= 15 is 0 Å². The predicted octanol–water partition coefficient (Wildman–Crippen LogP) is 3.02. The molecule has 2 N–H and O–H groups in total. The van der Waals surface area contributed by atoms with Gasteiger partial charge in [0.25, 0.3) is 0 Å². The molecule has 1 amide bonds. The van der Waals surface area contributed by atoms with Gasteiger partial charge in [0.05, 0.1) is 11.8 Å². The molecule has 1 aromatic carbocycles. The zero-order valence-electron chi connectivity index (χ0n) is 12.9. The number of rotatable bonds is 4. The largest absolute Gasteiger partial charge is 0.481 e. The maximum atomic E-state index is 12.7. The maximum absolute atomic E-state index is 12.7. The molecule has 1 saturated carbocycles. The number of hydrogen-bond acceptors (Lipinski definition) is 2. The van der Waals surface area contributed by atoms with Gasteiger partial charge in [-0.15, -0.1) is 0 Å². The molecule has 0 spiro atoms. The van der Waals surface area contributed by atoms with E-state index in [0.29, 0.717) is 0 Å². The Kier molecular flexibility index (Phi) is 3.77. The summed E-state index contributed by atoms with van der Waals surface area (Å²) in [5, 5.41) is 12.5. The van der Waals surface area contributed by atoms with Crippen LogP contribution in [0.2, 0.25) is 0 Å². The van der Waals surface area contributed by atoms with Gasteiger partial charge in [0.1, 0.15) is 0 Å². The topological polar surface area (TPSA) is 66.4 Å². The number of fused-ring (bicyclic) bond motifs is 2. The SMILES string of the molecule is CCc1cccc(C)c1NC(=O)[C@@H]1[C@@H](C(=O)O)[C@H]2C=C[C@@H]1C2. The Hall–Kier alpha value is -2.10. The molecule has 3 rings (SSSR count). The number of carbonyl (C=O) groups excluding carboxylic acids is 1. The fourth-order valence-corrected chi connectivity index (χ4v) is 3.92. The number of benzene rings is 1. The minimum Gasteiger partial charge on any atom is -0.481 e. The van der Waals surface area contributed by atoms with Crippen LogP contribution >= 0.6 is 0 Å². The minimum atomic E-state index is -0.863. The molecule has 0 saturated heterocycles. The van der Waals surface area contributed by atoms with Crippen molar-refractivity contribution in [2.45, 2.75) is 26.7 Å². The van der Waals surface area contributed by atoms with Crippen molar-refractivity contribution in [2.24, 2.45) is 23.7 Å². The Morgan fingerprint density at radius 2 is 1.91 bits per heavy atom. The lowest BCUT2D eigenvalue weighted by atomic mass is 9.82. The van der Waals surface area contributed by atoms with Gasteiger partial charge in [-0.25, -0.2) is 0 Å². The van der Waals surface area contributed by atoms with E-state index in [4.69, 9.17) is 0 Å². The van der Waals surface area contributed by atoms with Crippen LogP contribution in [0.4, 0.5) is 5.69 Å². The number of carboxylic acids is 1. The summed E-state index contributed by atoms with van der Waals surface area (Å²) in [6, 6.07) is 5.94. The van der Waals surface area contributed by atoms with Crippen LogP contribution in [0.1, 0.15) is 24.5 Å². The van der Waals surface area contributed by atoms with Crippen LogP contribution in [0.25, 0.3) is 0 Å². The Bertz CT molecular complexity index is 650. The first-order valence-corrected chi connectivity index (χ1v) is 7.83. The van der Waals surface area contributed by atoms with Gasteiger partial charge in [0.2, 0.25) is 5.91 Å². The molecule has 116 valence electrons. The molecule has 0 unspecified atom stereocenters. The van der Waals surface area contributed by atoms with Gasteiger partial charge in [0, 0.05) is 5.69 Å². The predicted molar refractivity (Wildman–Crippen MR) is 84.5 cm³/mol. The van der Waals surface area contributed by atoms with Crippen LogP contribution in [-0.4, -0.2) is 17.0 Å². The summed E-state index contributed by atoms with van der Waals surface area (Å²) in [5.41, 5.74) is 2.93. The molecule has 0 radical (unpaired) electrons. The van der Waals surface area contributed by atoms with Crippen molar-refractivity contribution in [1.29, 1.82) is 0 Å². The fourth-order valence-electron chi connectivity index (χ4n) is 3.92. The molecule has 4 atom stereocenters. The van der Waals surface area contributed by atoms with Gasteiger partial charge in [-0.05, 0) is 42.7 Å². The highest BCUT2D eigenvalue weighted by atomic mass is 16.4. The molecule has 0 aliphatic heterocycles. The summed E-state index contributed by atoms with van der Waals surface area (Å²) in [6.45, 7) is 4.01. The lowest BCUT2D eigenvalue weighted by Gasteiger charge is -2.25. The number of hydrogen-bond donors (Lipinski definition) is 2. The normalized spacial score (nSPS) is 28.8. The Morgan fingerprint density at radius 3 is 2.55 bits per heavy atom. The van der Waals surface area contributed by atoms with Crippen molar-refractivity contribution in [3.05, 3.63) is 41.5 Å². The Balaban J connectivity index is 1.86. The van der Waals surface area contributed by atoms with Crippen molar-refractivity contribution in [3.63, 3.8) is 0 Å². The fraction of sp³-hybridized carbons (Fsp3) is 0.444. The third kappa shape index (κ3) is 2.32. The number of para-hydroxylation sites is 1. The minimum absolute atomic E-state index is 0.000709. The highest BCUT2D eigenvalue weighted by molar-refractivity contribution is 5.97. The van der Waals surface area contributed by atoms with E-state index in [2.05, 4.69) is 5.32 Å². The molecule has 0 aromatic heterocycles. The van der Waals surface area contributed by atoms with E-state index in [1.807, 2.05) is 44.2 Å². The van der Waals surface area contributed by atoms with Gasteiger partial charge in [-0.2, -0.15) is 0 Å². The van der Waals surface area contributed by atoms with Crippen LogP contribution in [0.3, 0.4) is 0 Å².